The number of aldehydes is 1. The molecule has 1 aromatic rings. The van der Waals surface area contributed by atoms with Crippen molar-refractivity contribution in [1.82, 2.24) is 9.78 Å². The van der Waals surface area contributed by atoms with Crippen molar-refractivity contribution in [2.24, 2.45) is 7.05 Å². The number of hydrogen-bond acceptors (Lipinski definition) is 2. The molecule has 0 aliphatic rings. The van der Waals surface area contributed by atoms with E-state index in [9.17, 15) is 9.59 Å². The molecule has 1 heterocycles. The molecular formula is C9H14N2O2. The molecule has 0 fully saturated rings. The lowest BCUT2D eigenvalue weighted by Crippen LogP contribution is -2.14. The van der Waals surface area contributed by atoms with Crippen LogP contribution in [0.3, 0.4) is 0 Å². The molecule has 0 spiro atoms. The lowest BCUT2D eigenvalue weighted by Gasteiger charge is -1.94. The summed E-state index contributed by atoms with van der Waals surface area (Å²) in [4.78, 5) is 21.9. The van der Waals surface area contributed by atoms with E-state index in [1.54, 1.807) is 7.05 Å². The monoisotopic (exact) mass is 182 g/mol. The van der Waals surface area contributed by atoms with Crippen molar-refractivity contribution in [2.75, 3.05) is 0 Å². The van der Waals surface area contributed by atoms with Gasteiger partial charge in [0.05, 0.1) is 0 Å². The molecule has 0 unspecified atom stereocenters. The molecule has 72 valence electrons. The molecule has 1 aromatic heterocycles. The van der Waals surface area contributed by atoms with E-state index in [1.807, 2.05) is 0 Å². The SMILES string of the molecule is CCCCc1[nH]n(C)c(=O)c1C=O. The summed E-state index contributed by atoms with van der Waals surface area (Å²) >= 11 is 0. The second kappa shape index (κ2) is 4.07. The van der Waals surface area contributed by atoms with Crippen molar-refractivity contribution in [3.63, 3.8) is 0 Å². The predicted molar refractivity (Wildman–Crippen MR) is 50.0 cm³/mol. The maximum absolute atomic E-state index is 11.3. The molecular weight excluding hydrogens is 168 g/mol. The zero-order valence-electron chi connectivity index (χ0n) is 7.96. The lowest BCUT2D eigenvalue weighted by molar-refractivity contribution is 0.112. The van der Waals surface area contributed by atoms with Crippen molar-refractivity contribution >= 4 is 6.29 Å². The van der Waals surface area contributed by atoms with E-state index in [2.05, 4.69) is 12.0 Å². The van der Waals surface area contributed by atoms with Crippen molar-refractivity contribution < 1.29 is 4.79 Å². The highest BCUT2D eigenvalue weighted by Gasteiger charge is 2.09. The van der Waals surface area contributed by atoms with E-state index in [1.165, 1.54) is 4.68 Å². The molecule has 4 nitrogen and oxygen atoms in total. The van der Waals surface area contributed by atoms with Crippen LogP contribution < -0.4 is 5.56 Å². The quantitative estimate of drug-likeness (QED) is 0.702. The van der Waals surface area contributed by atoms with Crippen LogP contribution in [0.1, 0.15) is 35.8 Å². The third kappa shape index (κ3) is 1.88. The Morgan fingerprint density at radius 1 is 1.54 bits per heavy atom. The normalized spacial score (nSPS) is 10.3. The van der Waals surface area contributed by atoms with Crippen LogP contribution in [-0.2, 0) is 13.5 Å². The summed E-state index contributed by atoms with van der Waals surface area (Å²) in [7, 11) is 1.62. The Morgan fingerprint density at radius 2 is 2.23 bits per heavy atom. The predicted octanol–water partition coefficient (Wildman–Crippen LogP) is 0.868. The molecule has 0 aliphatic heterocycles. The van der Waals surface area contributed by atoms with E-state index in [-0.39, 0.29) is 11.1 Å². The number of nitrogens with one attached hydrogen (secondary N) is 1. The number of unbranched alkanes of at least 4 members (excludes halogenated alkanes) is 1. The van der Waals surface area contributed by atoms with Crippen LogP contribution in [0.15, 0.2) is 4.79 Å². The maximum Gasteiger partial charge on any atom is 0.277 e. The number of hydrogen-bond donors (Lipinski definition) is 1. The number of rotatable bonds is 4. The molecule has 0 saturated heterocycles. The molecule has 0 saturated carbocycles. The van der Waals surface area contributed by atoms with Gasteiger partial charge in [-0.25, -0.2) is 0 Å². The Hall–Kier alpha value is -1.32. The van der Waals surface area contributed by atoms with Crippen molar-refractivity contribution in [3.8, 4) is 0 Å². The van der Waals surface area contributed by atoms with E-state index in [0.717, 1.165) is 25.0 Å². The first-order chi connectivity index (χ1) is 6.20. The van der Waals surface area contributed by atoms with Gasteiger partial charge in [-0.1, -0.05) is 13.3 Å². The van der Waals surface area contributed by atoms with Gasteiger partial charge >= 0.3 is 0 Å². The fourth-order valence-electron chi connectivity index (χ4n) is 1.29. The second-order valence-electron chi connectivity index (χ2n) is 3.09. The highest BCUT2D eigenvalue weighted by molar-refractivity contribution is 5.75. The van der Waals surface area contributed by atoms with Crippen LogP contribution in [0.25, 0.3) is 0 Å². The maximum atomic E-state index is 11.3. The lowest BCUT2D eigenvalue weighted by atomic mass is 10.1. The Balaban J connectivity index is 2.99. The molecule has 0 aromatic carbocycles. The van der Waals surface area contributed by atoms with Gasteiger partial charge in [0.1, 0.15) is 5.56 Å². The number of aromatic amines is 1. The molecule has 1 N–H and O–H groups in total. The van der Waals surface area contributed by atoms with Gasteiger partial charge in [0.15, 0.2) is 6.29 Å². The fraction of sp³-hybridized carbons (Fsp3) is 0.556. The Bertz CT molecular complexity index is 349. The third-order valence-electron chi connectivity index (χ3n) is 2.06. The average molecular weight is 182 g/mol. The zero-order valence-corrected chi connectivity index (χ0v) is 7.96. The highest BCUT2D eigenvalue weighted by Crippen LogP contribution is 2.03. The minimum atomic E-state index is -0.235. The van der Waals surface area contributed by atoms with E-state index < -0.39 is 0 Å². The van der Waals surface area contributed by atoms with Gasteiger partial charge in [-0.15, -0.1) is 0 Å². The van der Waals surface area contributed by atoms with E-state index >= 15 is 0 Å². The van der Waals surface area contributed by atoms with Crippen LogP contribution >= 0.6 is 0 Å². The van der Waals surface area contributed by atoms with Gasteiger partial charge in [-0.05, 0) is 12.8 Å². The molecule has 13 heavy (non-hydrogen) atoms. The fourth-order valence-corrected chi connectivity index (χ4v) is 1.29. The smallest absolute Gasteiger partial charge is 0.277 e. The molecule has 0 radical (unpaired) electrons. The van der Waals surface area contributed by atoms with E-state index in [0.29, 0.717) is 6.29 Å². The van der Waals surface area contributed by atoms with Crippen LogP contribution in [-0.4, -0.2) is 16.1 Å². The second-order valence-corrected chi connectivity index (χ2v) is 3.09. The number of carbonyl (C=O) groups is 1. The summed E-state index contributed by atoms with van der Waals surface area (Å²) in [6, 6.07) is 0. The summed E-state index contributed by atoms with van der Waals surface area (Å²) in [6.07, 6.45) is 3.43. The summed E-state index contributed by atoms with van der Waals surface area (Å²) in [5.74, 6) is 0. The van der Waals surface area contributed by atoms with Crippen molar-refractivity contribution in [1.29, 1.82) is 0 Å². The Morgan fingerprint density at radius 3 is 2.77 bits per heavy atom. The molecule has 1 rings (SSSR count). The van der Waals surface area contributed by atoms with Crippen LogP contribution in [0.2, 0.25) is 0 Å². The standard InChI is InChI=1S/C9H14N2O2/c1-3-4-5-8-7(6-12)9(13)11(2)10-8/h6,10H,3-5H2,1-2H3. The number of carbonyl (C=O) groups excluding carboxylic acids is 1. The van der Waals surface area contributed by atoms with Gasteiger partial charge in [0, 0.05) is 12.7 Å². The highest BCUT2D eigenvalue weighted by atomic mass is 16.1. The zero-order chi connectivity index (χ0) is 9.84. The summed E-state index contributed by atoms with van der Waals surface area (Å²) in [6.45, 7) is 2.07. The molecule has 0 atom stereocenters. The summed E-state index contributed by atoms with van der Waals surface area (Å²) in [5.41, 5.74) is 0.793. The molecule has 0 aliphatic carbocycles. The largest absolute Gasteiger partial charge is 0.299 e. The van der Waals surface area contributed by atoms with Gasteiger partial charge < -0.3 is 0 Å². The summed E-state index contributed by atoms with van der Waals surface area (Å²) < 4.78 is 1.34. The first kappa shape index (κ1) is 9.77. The third-order valence-corrected chi connectivity index (χ3v) is 2.06. The molecule has 0 amide bonds. The van der Waals surface area contributed by atoms with Gasteiger partial charge in [-0.3, -0.25) is 19.4 Å². The van der Waals surface area contributed by atoms with Crippen LogP contribution in [0.4, 0.5) is 0 Å². The van der Waals surface area contributed by atoms with Gasteiger partial charge in [0.25, 0.3) is 5.56 Å². The van der Waals surface area contributed by atoms with Gasteiger partial charge in [0.2, 0.25) is 0 Å². The first-order valence-corrected chi connectivity index (χ1v) is 4.43. The Labute approximate surface area is 76.6 Å². The van der Waals surface area contributed by atoms with Gasteiger partial charge in [-0.2, -0.15) is 0 Å². The number of H-pyrrole nitrogens is 1. The minimum Gasteiger partial charge on any atom is -0.299 e. The number of aryl methyl sites for hydroxylation is 2. The number of nitrogens with zero attached hydrogens (tertiary/aromatic N) is 1. The molecule has 4 heteroatoms. The van der Waals surface area contributed by atoms with E-state index in [4.69, 9.17) is 0 Å². The van der Waals surface area contributed by atoms with Crippen LogP contribution in [0, 0.1) is 0 Å². The van der Waals surface area contributed by atoms with Crippen molar-refractivity contribution in [3.05, 3.63) is 21.6 Å². The Kier molecular flexibility index (Phi) is 3.06. The minimum absolute atomic E-state index is 0.235. The van der Waals surface area contributed by atoms with Crippen LogP contribution in [0.5, 0.6) is 0 Å². The topological polar surface area (TPSA) is 54.9 Å². The first-order valence-electron chi connectivity index (χ1n) is 4.43. The molecule has 0 bridgehead atoms. The van der Waals surface area contributed by atoms with Crippen molar-refractivity contribution in [2.45, 2.75) is 26.2 Å². The average Bonchev–Trinajstić information content (AvgIpc) is 2.39. The summed E-state index contributed by atoms with van der Waals surface area (Å²) in [5, 5.41) is 2.87. The number of aromatic nitrogens is 2.